The Morgan fingerprint density at radius 2 is 1.79 bits per heavy atom. The maximum atomic E-state index is 12.7. The normalized spacial score (nSPS) is 22.1. The summed E-state index contributed by atoms with van der Waals surface area (Å²) in [4.78, 5) is 30.6. The highest BCUT2D eigenvalue weighted by Crippen LogP contribution is 2.24. The largest absolute Gasteiger partial charge is 0.406 e. The van der Waals surface area contributed by atoms with Gasteiger partial charge in [0.2, 0.25) is 5.91 Å². The summed E-state index contributed by atoms with van der Waals surface area (Å²) in [6, 6.07) is 3.30. The van der Waals surface area contributed by atoms with Gasteiger partial charge in [-0.15, -0.1) is 0 Å². The molecule has 2 aliphatic rings. The van der Waals surface area contributed by atoms with E-state index in [9.17, 15) is 18.0 Å². The van der Waals surface area contributed by atoms with Gasteiger partial charge in [0, 0.05) is 45.1 Å². The van der Waals surface area contributed by atoms with E-state index in [1.165, 1.54) is 0 Å². The molecule has 4 rings (SSSR count). The molecule has 1 atom stereocenters. The van der Waals surface area contributed by atoms with Gasteiger partial charge >= 0.3 is 6.18 Å². The molecule has 0 bridgehead atoms. The quantitative estimate of drug-likeness (QED) is 0.790. The molecule has 0 spiro atoms. The van der Waals surface area contributed by atoms with E-state index in [2.05, 4.69) is 19.9 Å². The fourth-order valence-corrected chi connectivity index (χ4v) is 3.92. The number of nitrogens with zero attached hydrogens (tertiary/aromatic N) is 6. The number of piperidine rings is 1. The van der Waals surface area contributed by atoms with Crippen molar-refractivity contribution in [3.8, 4) is 0 Å². The summed E-state index contributed by atoms with van der Waals surface area (Å²) in [5.41, 5.74) is 1.30. The molecule has 28 heavy (non-hydrogen) atoms. The van der Waals surface area contributed by atoms with E-state index >= 15 is 0 Å². The number of carbonyl (C=O) groups is 1. The Morgan fingerprint density at radius 1 is 1.04 bits per heavy atom. The molecule has 1 amide bonds. The van der Waals surface area contributed by atoms with Gasteiger partial charge in [-0.3, -0.25) is 14.7 Å². The topological polar surface area (TPSA) is 65.5 Å². The molecular weight excluding hydrogens is 373 g/mol. The highest BCUT2D eigenvalue weighted by Gasteiger charge is 2.40. The van der Waals surface area contributed by atoms with Crippen molar-refractivity contribution in [1.29, 1.82) is 0 Å². The zero-order valence-electron chi connectivity index (χ0n) is 15.3. The summed E-state index contributed by atoms with van der Waals surface area (Å²) >= 11 is 0. The predicted molar refractivity (Wildman–Crippen MR) is 96.8 cm³/mol. The SMILES string of the molecule is O=C1[C@H](N2CCN(c3ccc4nccnc4n3)CC2)CCCN1CC(F)(F)F. The molecule has 0 N–H and O–H groups in total. The number of rotatable bonds is 3. The van der Waals surface area contributed by atoms with E-state index in [-0.39, 0.29) is 6.54 Å². The van der Waals surface area contributed by atoms with Crippen LogP contribution in [0, 0.1) is 0 Å². The molecule has 0 radical (unpaired) electrons. The minimum atomic E-state index is -4.36. The third-order valence-electron chi connectivity index (χ3n) is 5.27. The van der Waals surface area contributed by atoms with E-state index in [0.717, 1.165) is 16.2 Å². The first-order chi connectivity index (χ1) is 13.4. The number of likely N-dealkylation sites (tertiary alicyclic amines) is 1. The van der Waals surface area contributed by atoms with Crippen molar-refractivity contribution in [1.82, 2.24) is 24.8 Å². The standard InChI is InChI=1S/C18H21F3N6O/c19-18(20,21)12-27-7-1-2-14(17(27)28)25-8-10-26(11-9-25)15-4-3-13-16(24-15)23-6-5-22-13/h3-6,14H,1-2,7-12H2/t14-/m1/s1. The number of halogens is 3. The number of aromatic nitrogens is 3. The van der Waals surface area contributed by atoms with Crippen molar-refractivity contribution in [2.45, 2.75) is 25.1 Å². The van der Waals surface area contributed by atoms with Crippen LogP contribution >= 0.6 is 0 Å². The Kier molecular flexibility index (Phi) is 5.05. The van der Waals surface area contributed by atoms with E-state index in [1.807, 2.05) is 17.0 Å². The zero-order valence-corrected chi connectivity index (χ0v) is 15.3. The number of hydrogen-bond donors (Lipinski definition) is 0. The lowest BCUT2D eigenvalue weighted by atomic mass is 10.0. The van der Waals surface area contributed by atoms with Crippen LogP contribution in [0.2, 0.25) is 0 Å². The molecule has 2 aliphatic heterocycles. The first-order valence-electron chi connectivity index (χ1n) is 9.33. The first-order valence-corrected chi connectivity index (χ1v) is 9.33. The number of amides is 1. The first kappa shape index (κ1) is 18.9. The molecule has 2 aromatic rings. The predicted octanol–water partition coefficient (Wildman–Crippen LogP) is 1.70. The average Bonchev–Trinajstić information content (AvgIpc) is 2.68. The summed E-state index contributed by atoms with van der Waals surface area (Å²) in [6.45, 7) is 1.54. The van der Waals surface area contributed by atoms with Gasteiger partial charge in [-0.2, -0.15) is 13.2 Å². The lowest BCUT2D eigenvalue weighted by Crippen LogP contribution is -2.58. The summed E-state index contributed by atoms with van der Waals surface area (Å²) in [7, 11) is 0. The number of piperazine rings is 1. The molecule has 2 saturated heterocycles. The molecule has 2 aromatic heterocycles. The van der Waals surface area contributed by atoms with Gasteiger partial charge < -0.3 is 9.80 Å². The lowest BCUT2D eigenvalue weighted by molar-refractivity contribution is -0.167. The van der Waals surface area contributed by atoms with Crippen LogP contribution in [0.25, 0.3) is 11.2 Å². The fourth-order valence-electron chi connectivity index (χ4n) is 3.92. The van der Waals surface area contributed by atoms with Crippen LogP contribution in [0.15, 0.2) is 24.5 Å². The van der Waals surface area contributed by atoms with Crippen LogP contribution in [0.3, 0.4) is 0 Å². The Balaban J connectivity index is 1.39. The van der Waals surface area contributed by atoms with Crippen LogP contribution in [0.1, 0.15) is 12.8 Å². The molecule has 0 saturated carbocycles. The van der Waals surface area contributed by atoms with Gasteiger partial charge in [0.25, 0.3) is 0 Å². The summed E-state index contributed by atoms with van der Waals surface area (Å²) < 4.78 is 38.1. The van der Waals surface area contributed by atoms with Gasteiger partial charge in [0.1, 0.15) is 17.9 Å². The van der Waals surface area contributed by atoms with Gasteiger partial charge in [-0.25, -0.2) is 9.97 Å². The number of pyridine rings is 1. The maximum Gasteiger partial charge on any atom is 0.406 e. The number of hydrogen-bond acceptors (Lipinski definition) is 6. The zero-order chi connectivity index (χ0) is 19.7. The van der Waals surface area contributed by atoms with E-state index in [4.69, 9.17) is 0 Å². The van der Waals surface area contributed by atoms with E-state index < -0.39 is 24.7 Å². The Hall–Kier alpha value is -2.49. The molecule has 0 aliphatic carbocycles. The minimum absolute atomic E-state index is 0.177. The van der Waals surface area contributed by atoms with Crippen LogP contribution in [-0.2, 0) is 4.79 Å². The molecule has 10 heteroatoms. The third kappa shape index (κ3) is 4.01. The average molecular weight is 394 g/mol. The molecule has 7 nitrogen and oxygen atoms in total. The van der Waals surface area contributed by atoms with Crippen molar-refractivity contribution >= 4 is 22.9 Å². The fraction of sp³-hybridized carbons (Fsp3) is 0.556. The van der Waals surface area contributed by atoms with Gasteiger partial charge in [0.15, 0.2) is 5.65 Å². The molecule has 150 valence electrons. The Labute approximate surface area is 160 Å². The lowest BCUT2D eigenvalue weighted by Gasteiger charge is -2.42. The van der Waals surface area contributed by atoms with Crippen molar-refractivity contribution < 1.29 is 18.0 Å². The van der Waals surface area contributed by atoms with Crippen LogP contribution in [0.5, 0.6) is 0 Å². The van der Waals surface area contributed by atoms with E-state index in [0.29, 0.717) is 44.7 Å². The monoisotopic (exact) mass is 394 g/mol. The highest BCUT2D eigenvalue weighted by atomic mass is 19.4. The number of fused-ring (bicyclic) bond motifs is 1. The van der Waals surface area contributed by atoms with Crippen LogP contribution in [0.4, 0.5) is 19.0 Å². The molecule has 0 unspecified atom stereocenters. The van der Waals surface area contributed by atoms with Gasteiger partial charge in [0.05, 0.1) is 6.04 Å². The minimum Gasteiger partial charge on any atom is -0.354 e. The van der Waals surface area contributed by atoms with Crippen molar-refractivity contribution in [3.63, 3.8) is 0 Å². The maximum absolute atomic E-state index is 12.7. The molecule has 0 aromatic carbocycles. The smallest absolute Gasteiger partial charge is 0.354 e. The van der Waals surface area contributed by atoms with Gasteiger partial charge in [-0.05, 0) is 25.0 Å². The highest BCUT2D eigenvalue weighted by molar-refractivity contribution is 5.82. The second-order valence-corrected chi connectivity index (χ2v) is 7.12. The van der Waals surface area contributed by atoms with Crippen LogP contribution in [-0.4, -0.2) is 82.1 Å². The third-order valence-corrected chi connectivity index (χ3v) is 5.27. The molecule has 4 heterocycles. The number of alkyl halides is 3. The van der Waals surface area contributed by atoms with E-state index in [1.54, 1.807) is 12.4 Å². The van der Waals surface area contributed by atoms with Crippen LogP contribution < -0.4 is 4.90 Å². The van der Waals surface area contributed by atoms with Crippen molar-refractivity contribution in [3.05, 3.63) is 24.5 Å². The number of anilines is 1. The second kappa shape index (κ2) is 7.50. The summed E-state index contributed by atoms with van der Waals surface area (Å²) in [5.74, 6) is 0.387. The van der Waals surface area contributed by atoms with Gasteiger partial charge in [-0.1, -0.05) is 0 Å². The Morgan fingerprint density at radius 3 is 2.54 bits per heavy atom. The summed E-state index contributed by atoms with van der Waals surface area (Å²) in [5, 5.41) is 0. The second-order valence-electron chi connectivity index (χ2n) is 7.12. The Bertz CT molecular complexity index is 853. The number of carbonyl (C=O) groups excluding carboxylic acids is 1. The molecule has 2 fully saturated rings. The van der Waals surface area contributed by atoms with Crippen molar-refractivity contribution in [2.24, 2.45) is 0 Å². The molecular formula is C18H21F3N6O. The summed E-state index contributed by atoms with van der Waals surface area (Å²) in [6.07, 6.45) is 0.0552. The van der Waals surface area contributed by atoms with Crippen molar-refractivity contribution in [2.75, 3.05) is 44.2 Å².